The highest BCUT2D eigenvalue weighted by Crippen LogP contribution is 1.79. The fraction of sp³-hybridized carbons (Fsp3) is 0.500. The van der Waals surface area contributed by atoms with Crippen molar-refractivity contribution in [2.75, 3.05) is 0 Å². The van der Waals surface area contributed by atoms with Gasteiger partial charge in [-0.3, -0.25) is 4.55 Å². The van der Waals surface area contributed by atoms with Gasteiger partial charge in [0.25, 0.3) is 0 Å². The Kier molecular flexibility index (Phi) is 3.68. The minimum Gasteiger partial charge on any atom is -0.294 e. The van der Waals surface area contributed by atoms with Crippen LogP contribution in [-0.2, 0) is 11.3 Å². The molecule has 0 aromatic heterocycles. The van der Waals surface area contributed by atoms with Crippen LogP contribution < -0.4 is 4.72 Å². The Bertz CT molecular complexity index is 104. The van der Waals surface area contributed by atoms with Crippen LogP contribution in [-0.4, -0.2) is 14.8 Å². The number of rotatable bonds is 3. The molecule has 0 radical (unpaired) electrons. The number of hydrogen-bond acceptors (Lipinski definition) is 1. The van der Waals surface area contributed by atoms with Gasteiger partial charge >= 0.3 is 0 Å². The van der Waals surface area contributed by atoms with Crippen molar-refractivity contribution < 1.29 is 8.76 Å². The summed E-state index contributed by atoms with van der Waals surface area (Å²) in [5.74, 6) is 0. The van der Waals surface area contributed by atoms with Crippen LogP contribution >= 0.6 is 0 Å². The predicted octanol–water partition coefficient (Wildman–Crippen LogP) is 0.287. The molecule has 2 unspecified atom stereocenters. The van der Waals surface area contributed by atoms with Crippen LogP contribution in [0.4, 0.5) is 0 Å². The van der Waals surface area contributed by atoms with Crippen LogP contribution in [0.1, 0.15) is 6.92 Å². The van der Waals surface area contributed by atoms with Gasteiger partial charge in [0.1, 0.15) is 0 Å². The van der Waals surface area contributed by atoms with Crippen LogP contribution in [0, 0.1) is 0 Å². The van der Waals surface area contributed by atoms with Gasteiger partial charge in [-0.05, 0) is 6.92 Å². The van der Waals surface area contributed by atoms with Crippen molar-refractivity contribution in [1.29, 1.82) is 0 Å². The van der Waals surface area contributed by atoms with Crippen LogP contribution in [0.15, 0.2) is 12.7 Å². The Labute approximate surface area is 51.2 Å². The molecule has 0 aliphatic rings. The molecule has 0 aliphatic carbocycles. The Morgan fingerprint density at radius 2 is 2.50 bits per heavy atom. The predicted molar refractivity (Wildman–Crippen MR) is 33.6 cm³/mol. The van der Waals surface area contributed by atoms with Gasteiger partial charge in [-0.15, -0.1) is 6.58 Å². The highest BCUT2D eigenvalue weighted by Gasteiger charge is 1.95. The molecule has 0 heterocycles. The van der Waals surface area contributed by atoms with E-state index in [4.69, 9.17) is 4.55 Å². The van der Waals surface area contributed by atoms with E-state index in [9.17, 15) is 4.21 Å². The van der Waals surface area contributed by atoms with E-state index in [0.29, 0.717) is 0 Å². The molecule has 0 bridgehead atoms. The van der Waals surface area contributed by atoms with Crippen LogP contribution in [0.2, 0.25) is 0 Å². The van der Waals surface area contributed by atoms with Crippen molar-refractivity contribution in [1.82, 2.24) is 4.72 Å². The molecule has 0 rings (SSSR count). The summed E-state index contributed by atoms with van der Waals surface area (Å²) < 4.78 is 20.4. The summed E-state index contributed by atoms with van der Waals surface area (Å²) in [6.07, 6.45) is 1.55. The lowest BCUT2D eigenvalue weighted by atomic mass is 10.4. The van der Waals surface area contributed by atoms with Crippen molar-refractivity contribution in [3.63, 3.8) is 0 Å². The van der Waals surface area contributed by atoms with Gasteiger partial charge in [0, 0.05) is 6.04 Å². The first-order chi connectivity index (χ1) is 3.66. The first kappa shape index (κ1) is 7.81. The summed E-state index contributed by atoms with van der Waals surface area (Å²) in [6.45, 7) is 5.14. The van der Waals surface area contributed by atoms with E-state index in [-0.39, 0.29) is 6.04 Å². The molecule has 48 valence electrons. The van der Waals surface area contributed by atoms with E-state index in [1.54, 1.807) is 13.0 Å². The maximum atomic E-state index is 9.92. The minimum atomic E-state index is -1.92. The average Bonchev–Trinajstić information content (AvgIpc) is 1.65. The first-order valence-corrected chi connectivity index (χ1v) is 3.27. The second-order valence-electron chi connectivity index (χ2n) is 1.39. The standard InChI is InChI=1S/C4H9NO2S/c1-3-4(2)5-8(6)7/h3-5H,1H2,2H3,(H,6,7). The summed E-state index contributed by atoms with van der Waals surface area (Å²) in [7, 11) is 0. The Hall–Kier alpha value is -0.190. The molecule has 2 N–H and O–H groups in total. The molecule has 2 atom stereocenters. The van der Waals surface area contributed by atoms with Gasteiger partial charge in [-0.1, -0.05) is 6.08 Å². The van der Waals surface area contributed by atoms with Crippen molar-refractivity contribution in [3.8, 4) is 0 Å². The van der Waals surface area contributed by atoms with E-state index in [1.165, 1.54) is 0 Å². The van der Waals surface area contributed by atoms with Crippen LogP contribution in [0.5, 0.6) is 0 Å². The lowest BCUT2D eigenvalue weighted by Crippen LogP contribution is -2.25. The van der Waals surface area contributed by atoms with E-state index in [0.717, 1.165) is 0 Å². The fourth-order valence-corrected chi connectivity index (χ4v) is 0.621. The molecule has 0 aliphatic heterocycles. The maximum Gasteiger partial charge on any atom is 0.232 e. The van der Waals surface area contributed by atoms with E-state index in [1.807, 2.05) is 0 Å². The topological polar surface area (TPSA) is 49.3 Å². The molecule has 0 aromatic rings. The molecule has 0 amide bonds. The minimum absolute atomic E-state index is 0.110. The summed E-state index contributed by atoms with van der Waals surface area (Å²) in [5.41, 5.74) is 0. The summed E-state index contributed by atoms with van der Waals surface area (Å²) >= 11 is -1.92. The third-order valence-corrected chi connectivity index (χ3v) is 1.21. The second kappa shape index (κ2) is 3.77. The highest BCUT2D eigenvalue weighted by atomic mass is 32.2. The van der Waals surface area contributed by atoms with Gasteiger partial charge < -0.3 is 0 Å². The zero-order valence-corrected chi connectivity index (χ0v) is 5.44. The molecule has 0 saturated carbocycles. The largest absolute Gasteiger partial charge is 0.294 e. The number of nitrogens with one attached hydrogen (secondary N) is 1. The summed E-state index contributed by atoms with van der Waals surface area (Å²) in [4.78, 5) is 0. The highest BCUT2D eigenvalue weighted by molar-refractivity contribution is 7.77. The Morgan fingerprint density at radius 3 is 2.62 bits per heavy atom. The molecule has 0 fully saturated rings. The lowest BCUT2D eigenvalue weighted by molar-refractivity contribution is 0.544. The maximum absolute atomic E-state index is 9.92. The molecule has 0 saturated heterocycles. The number of hydrogen-bond donors (Lipinski definition) is 2. The van der Waals surface area contributed by atoms with E-state index >= 15 is 0 Å². The zero-order valence-electron chi connectivity index (χ0n) is 4.63. The van der Waals surface area contributed by atoms with Gasteiger partial charge in [-0.25, -0.2) is 8.93 Å². The summed E-state index contributed by atoms with van der Waals surface area (Å²) in [6, 6.07) is -0.110. The van der Waals surface area contributed by atoms with Gasteiger partial charge in [0.2, 0.25) is 11.3 Å². The summed E-state index contributed by atoms with van der Waals surface area (Å²) in [5, 5.41) is 0. The second-order valence-corrected chi connectivity index (χ2v) is 2.13. The SMILES string of the molecule is C=CC(C)NS(=O)O. The van der Waals surface area contributed by atoms with Crippen LogP contribution in [0.3, 0.4) is 0 Å². The fourth-order valence-electron chi connectivity index (χ4n) is 0.207. The first-order valence-electron chi connectivity index (χ1n) is 2.16. The normalized spacial score (nSPS) is 17.2. The molecular weight excluding hydrogens is 126 g/mol. The monoisotopic (exact) mass is 135 g/mol. The van der Waals surface area contributed by atoms with E-state index < -0.39 is 11.3 Å². The van der Waals surface area contributed by atoms with Crippen molar-refractivity contribution in [2.24, 2.45) is 0 Å². The molecule has 0 aromatic carbocycles. The molecule has 0 spiro atoms. The third kappa shape index (κ3) is 3.98. The van der Waals surface area contributed by atoms with Crippen LogP contribution in [0.25, 0.3) is 0 Å². The van der Waals surface area contributed by atoms with Gasteiger partial charge in [0.05, 0.1) is 0 Å². The average molecular weight is 135 g/mol. The van der Waals surface area contributed by atoms with Crippen molar-refractivity contribution in [2.45, 2.75) is 13.0 Å². The molecule has 3 nitrogen and oxygen atoms in total. The van der Waals surface area contributed by atoms with Gasteiger partial charge in [-0.2, -0.15) is 0 Å². The smallest absolute Gasteiger partial charge is 0.232 e. The Morgan fingerprint density at radius 1 is 2.00 bits per heavy atom. The van der Waals surface area contributed by atoms with Crippen molar-refractivity contribution >= 4 is 11.3 Å². The molecular formula is C4H9NO2S. The van der Waals surface area contributed by atoms with Crippen molar-refractivity contribution in [3.05, 3.63) is 12.7 Å². The molecule has 8 heavy (non-hydrogen) atoms. The van der Waals surface area contributed by atoms with Gasteiger partial charge in [0.15, 0.2) is 0 Å². The third-order valence-electron chi connectivity index (χ3n) is 0.640. The quantitative estimate of drug-likeness (QED) is 0.431. The van der Waals surface area contributed by atoms with E-state index in [2.05, 4.69) is 11.3 Å². The lowest BCUT2D eigenvalue weighted by Gasteiger charge is -2.00. The molecule has 4 heteroatoms. The zero-order chi connectivity index (χ0) is 6.57. The Balaban J connectivity index is 3.38.